The van der Waals surface area contributed by atoms with Gasteiger partial charge in [0.05, 0.1) is 28.9 Å². The second-order valence-electron chi connectivity index (χ2n) is 7.27. The van der Waals surface area contributed by atoms with E-state index >= 15 is 0 Å². The number of para-hydroxylation sites is 1. The minimum Gasteiger partial charge on any atom is -0.507 e. The number of aromatic nitrogens is 2. The molecule has 0 unspecified atom stereocenters. The number of hydrogen-bond donors (Lipinski definition) is 3. The maximum Gasteiger partial charge on any atom is 0.271 e. The molecule has 0 saturated carbocycles. The Morgan fingerprint density at radius 2 is 1.90 bits per heavy atom. The summed E-state index contributed by atoms with van der Waals surface area (Å²) in [5.41, 5.74) is 5.80. The van der Waals surface area contributed by atoms with Crippen LogP contribution in [0.2, 0.25) is 0 Å². The van der Waals surface area contributed by atoms with Crippen LogP contribution in [0.15, 0.2) is 71.8 Å². The fourth-order valence-corrected chi connectivity index (χ4v) is 3.09. The molecule has 0 bridgehead atoms. The Hall–Kier alpha value is -4.13. The molecular weight excluding hydrogens is 392 g/mol. The molecule has 0 radical (unpaired) electrons. The Kier molecular flexibility index (Phi) is 5.66. The number of carbonyl (C=O) groups is 1. The first-order valence-electron chi connectivity index (χ1n) is 9.88. The number of amides is 1. The molecule has 0 aliphatic carbocycles. The minimum atomic E-state index is -0.336. The number of hydrogen-bond acceptors (Lipinski definition) is 5. The van der Waals surface area contributed by atoms with Crippen molar-refractivity contribution in [3.63, 3.8) is 0 Å². The Bertz CT molecular complexity index is 1240. The van der Waals surface area contributed by atoms with Crippen molar-refractivity contribution in [3.05, 3.63) is 77.9 Å². The van der Waals surface area contributed by atoms with Gasteiger partial charge in [-0.3, -0.25) is 4.79 Å². The number of nitrogens with one attached hydrogen (secondary N) is 2. The molecular formula is C24H22N4O3. The number of fused-ring (bicyclic) bond motifs is 1. The summed E-state index contributed by atoms with van der Waals surface area (Å²) in [4.78, 5) is 20.1. The summed E-state index contributed by atoms with van der Waals surface area (Å²) >= 11 is 0. The molecule has 0 saturated heterocycles. The van der Waals surface area contributed by atoms with Gasteiger partial charge >= 0.3 is 0 Å². The monoisotopic (exact) mass is 414 g/mol. The van der Waals surface area contributed by atoms with E-state index in [2.05, 4.69) is 20.5 Å². The van der Waals surface area contributed by atoms with Crippen LogP contribution in [0, 0.1) is 0 Å². The van der Waals surface area contributed by atoms with Crippen LogP contribution in [0.3, 0.4) is 0 Å². The molecule has 1 heterocycles. The van der Waals surface area contributed by atoms with Gasteiger partial charge in [-0.1, -0.05) is 12.1 Å². The zero-order valence-electron chi connectivity index (χ0n) is 17.2. The van der Waals surface area contributed by atoms with Gasteiger partial charge in [0.15, 0.2) is 0 Å². The van der Waals surface area contributed by atoms with Gasteiger partial charge in [0.25, 0.3) is 5.91 Å². The number of H-pyrrole nitrogens is 1. The second-order valence-corrected chi connectivity index (χ2v) is 7.27. The number of ether oxygens (including phenoxy) is 1. The molecule has 0 aliphatic rings. The largest absolute Gasteiger partial charge is 0.507 e. The highest BCUT2D eigenvalue weighted by atomic mass is 16.5. The first-order chi connectivity index (χ1) is 15.0. The minimum absolute atomic E-state index is 0.112. The lowest BCUT2D eigenvalue weighted by Gasteiger charge is -2.09. The van der Waals surface area contributed by atoms with Crippen LogP contribution in [0.1, 0.15) is 29.8 Å². The second kappa shape index (κ2) is 8.71. The third-order valence-corrected chi connectivity index (χ3v) is 4.53. The van der Waals surface area contributed by atoms with Crippen molar-refractivity contribution in [2.24, 2.45) is 5.10 Å². The SMILES string of the molecule is CC(C)Oc1ccc(/C=N/NC(=O)c2ccc3nc(-c4ccccc4O)[nH]c3c2)cc1. The van der Waals surface area contributed by atoms with E-state index in [9.17, 15) is 9.90 Å². The van der Waals surface area contributed by atoms with Gasteiger partial charge in [0.2, 0.25) is 0 Å². The lowest BCUT2D eigenvalue weighted by atomic mass is 10.2. The van der Waals surface area contributed by atoms with Crippen LogP contribution >= 0.6 is 0 Å². The number of benzene rings is 3. The van der Waals surface area contributed by atoms with Gasteiger partial charge in [0, 0.05) is 5.56 Å². The van der Waals surface area contributed by atoms with Crippen molar-refractivity contribution in [2.75, 3.05) is 0 Å². The zero-order valence-corrected chi connectivity index (χ0v) is 17.2. The Balaban J connectivity index is 1.45. The summed E-state index contributed by atoms with van der Waals surface area (Å²) in [6, 6.07) is 19.5. The van der Waals surface area contributed by atoms with Gasteiger partial charge in [-0.25, -0.2) is 10.4 Å². The van der Waals surface area contributed by atoms with Gasteiger partial charge in [-0.2, -0.15) is 5.10 Å². The Labute approximate surface area is 179 Å². The molecule has 31 heavy (non-hydrogen) atoms. The molecule has 0 aliphatic heterocycles. The molecule has 0 spiro atoms. The van der Waals surface area contributed by atoms with E-state index < -0.39 is 0 Å². The van der Waals surface area contributed by atoms with E-state index in [1.165, 1.54) is 0 Å². The average Bonchev–Trinajstić information content (AvgIpc) is 3.18. The maximum absolute atomic E-state index is 12.5. The predicted octanol–water partition coefficient (Wildman–Crippen LogP) is 4.49. The van der Waals surface area contributed by atoms with E-state index in [4.69, 9.17) is 4.74 Å². The van der Waals surface area contributed by atoms with Crippen molar-refractivity contribution in [2.45, 2.75) is 20.0 Å². The van der Waals surface area contributed by atoms with Crippen LogP contribution < -0.4 is 10.2 Å². The normalized spacial score (nSPS) is 11.3. The first kappa shape index (κ1) is 20.2. The smallest absolute Gasteiger partial charge is 0.271 e. The van der Waals surface area contributed by atoms with Crippen LogP contribution in [0.5, 0.6) is 11.5 Å². The fourth-order valence-electron chi connectivity index (χ4n) is 3.09. The van der Waals surface area contributed by atoms with Gasteiger partial charge in [-0.05, 0) is 74.0 Å². The van der Waals surface area contributed by atoms with Crippen LogP contribution in [-0.4, -0.2) is 33.3 Å². The van der Waals surface area contributed by atoms with Gasteiger partial charge in [0.1, 0.15) is 17.3 Å². The molecule has 4 rings (SSSR count). The summed E-state index contributed by atoms with van der Waals surface area (Å²) in [7, 11) is 0. The highest BCUT2D eigenvalue weighted by Crippen LogP contribution is 2.28. The summed E-state index contributed by atoms with van der Waals surface area (Å²) in [6.45, 7) is 3.94. The number of rotatable bonds is 6. The number of phenolic OH excluding ortho intramolecular Hbond substituents is 1. The molecule has 0 fully saturated rings. The lowest BCUT2D eigenvalue weighted by Crippen LogP contribution is -2.17. The Morgan fingerprint density at radius 1 is 1.13 bits per heavy atom. The molecule has 7 heteroatoms. The quantitative estimate of drug-likeness (QED) is 0.320. The third-order valence-electron chi connectivity index (χ3n) is 4.53. The molecule has 3 aromatic carbocycles. The average molecular weight is 414 g/mol. The topological polar surface area (TPSA) is 99.6 Å². The predicted molar refractivity (Wildman–Crippen MR) is 120 cm³/mol. The van der Waals surface area contributed by atoms with Crippen molar-refractivity contribution in [3.8, 4) is 22.9 Å². The van der Waals surface area contributed by atoms with Crippen molar-refractivity contribution in [1.29, 1.82) is 0 Å². The van der Waals surface area contributed by atoms with Crippen LogP contribution in [0.4, 0.5) is 0 Å². The van der Waals surface area contributed by atoms with Crippen molar-refractivity contribution < 1.29 is 14.6 Å². The van der Waals surface area contributed by atoms with E-state index in [0.29, 0.717) is 28.0 Å². The third kappa shape index (κ3) is 4.72. The number of hydrazone groups is 1. The number of carbonyl (C=O) groups excluding carboxylic acids is 1. The van der Waals surface area contributed by atoms with Crippen LogP contribution in [-0.2, 0) is 0 Å². The zero-order chi connectivity index (χ0) is 21.8. The van der Waals surface area contributed by atoms with E-state index in [1.54, 1.807) is 42.6 Å². The number of nitrogens with zero attached hydrogens (tertiary/aromatic N) is 2. The molecule has 3 N–H and O–H groups in total. The van der Waals surface area contributed by atoms with Crippen molar-refractivity contribution >= 4 is 23.2 Å². The number of aromatic amines is 1. The molecule has 1 aromatic heterocycles. The molecule has 156 valence electrons. The van der Waals surface area contributed by atoms with Gasteiger partial charge in [-0.15, -0.1) is 0 Å². The Morgan fingerprint density at radius 3 is 2.65 bits per heavy atom. The number of aromatic hydroxyl groups is 1. The molecule has 1 amide bonds. The van der Waals surface area contributed by atoms with Crippen LogP contribution in [0.25, 0.3) is 22.4 Å². The summed E-state index contributed by atoms with van der Waals surface area (Å²) in [6.07, 6.45) is 1.68. The summed E-state index contributed by atoms with van der Waals surface area (Å²) in [5, 5.41) is 14.1. The summed E-state index contributed by atoms with van der Waals surface area (Å²) < 4.78 is 5.61. The highest BCUT2D eigenvalue weighted by molar-refractivity contribution is 5.98. The highest BCUT2D eigenvalue weighted by Gasteiger charge is 2.11. The lowest BCUT2D eigenvalue weighted by molar-refractivity contribution is 0.0955. The van der Waals surface area contributed by atoms with Crippen molar-refractivity contribution in [1.82, 2.24) is 15.4 Å². The number of phenols is 1. The molecule has 7 nitrogen and oxygen atoms in total. The number of imidazole rings is 1. The van der Waals surface area contributed by atoms with E-state index in [-0.39, 0.29) is 17.8 Å². The molecule has 4 aromatic rings. The molecule has 0 atom stereocenters. The summed E-state index contributed by atoms with van der Waals surface area (Å²) in [5.74, 6) is 1.12. The standard InChI is InChI=1S/C24H22N4O3/c1-15(2)31-18-10-7-16(8-11-18)14-25-28-24(30)17-9-12-20-21(13-17)27-23(26-20)19-5-3-4-6-22(19)29/h3-15,29H,1-2H3,(H,26,27)(H,28,30)/b25-14+. The maximum atomic E-state index is 12.5. The van der Waals surface area contributed by atoms with E-state index in [0.717, 1.165) is 11.3 Å². The fraction of sp³-hybridized carbons (Fsp3) is 0.125. The van der Waals surface area contributed by atoms with E-state index in [1.807, 2.05) is 44.2 Å². The first-order valence-corrected chi connectivity index (χ1v) is 9.88. The van der Waals surface area contributed by atoms with Gasteiger partial charge < -0.3 is 14.8 Å².